The molecule has 3 rings (SSSR count). The van der Waals surface area contributed by atoms with Gasteiger partial charge in [0.1, 0.15) is 18.0 Å². The number of nitrogens with zero attached hydrogens (tertiary/aromatic N) is 2. The van der Waals surface area contributed by atoms with Crippen LogP contribution in [0.15, 0.2) is 10.9 Å². The lowest BCUT2D eigenvalue weighted by molar-refractivity contribution is -0.0444. The van der Waals surface area contributed by atoms with Gasteiger partial charge < -0.3 is 25.4 Å². The Balaban J connectivity index is 2.05. The van der Waals surface area contributed by atoms with Crippen LogP contribution < -0.4 is 16.2 Å². The Morgan fingerprint density at radius 3 is 3.06 bits per heavy atom. The zero-order valence-corrected chi connectivity index (χ0v) is 8.68. The standard InChI is InChI=1S/C9H11N3O5/c10-4-1-5-12(9(15)11-4)8-7(17-5)6(14)3(2-13)16-8/h1,3,6-8,13-14H,2H2,(H2,10,11,15). The van der Waals surface area contributed by atoms with Gasteiger partial charge in [0.05, 0.1) is 6.61 Å². The van der Waals surface area contributed by atoms with Crippen LogP contribution in [0.25, 0.3) is 0 Å². The van der Waals surface area contributed by atoms with Crippen molar-refractivity contribution in [2.24, 2.45) is 0 Å². The van der Waals surface area contributed by atoms with Crippen molar-refractivity contribution in [2.45, 2.75) is 24.5 Å². The van der Waals surface area contributed by atoms with Gasteiger partial charge in [-0.2, -0.15) is 4.98 Å². The van der Waals surface area contributed by atoms with Crippen molar-refractivity contribution >= 4 is 5.82 Å². The average molecular weight is 241 g/mol. The summed E-state index contributed by atoms with van der Waals surface area (Å²) in [7, 11) is 0. The molecule has 1 aromatic rings. The van der Waals surface area contributed by atoms with E-state index in [-0.39, 0.29) is 18.3 Å². The number of rotatable bonds is 1. The Kier molecular flexibility index (Phi) is 2.12. The molecule has 0 aliphatic carbocycles. The van der Waals surface area contributed by atoms with Gasteiger partial charge in [-0.25, -0.2) is 9.36 Å². The predicted octanol–water partition coefficient (Wildman–Crippen LogP) is -2.16. The van der Waals surface area contributed by atoms with Crippen molar-refractivity contribution in [3.8, 4) is 5.88 Å². The fourth-order valence-electron chi connectivity index (χ4n) is 2.16. The van der Waals surface area contributed by atoms with E-state index >= 15 is 0 Å². The first-order valence-corrected chi connectivity index (χ1v) is 5.12. The zero-order valence-electron chi connectivity index (χ0n) is 8.68. The van der Waals surface area contributed by atoms with Crippen LogP contribution in [0.3, 0.4) is 0 Å². The highest BCUT2D eigenvalue weighted by Gasteiger charge is 2.51. The third-order valence-electron chi connectivity index (χ3n) is 2.94. The summed E-state index contributed by atoms with van der Waals surface area (Å²) < 4.78 is 11.9. The van der Waals surface area contributed by atoms with Crippen LogP contribution in [-0.4, -0.2) is 44.7 Å². The highest BCUT2D eigenvalue weighted by atomic mass is 16.6. The third kappa shape index (κ3) is 1.35. The summed E-state index contributed by atoms with van der Waals surface area (Å²) in [6, 6.07) is 1.39. The second-order valence-electron chi connectivity index (χ2n) is 3.99. The van der Waals surface area contributed by atoms with E-state index in [0.29, 0.717) is 0 Å². The van der Waals surface area contributed by atoms with Crippen molar-refractivity contribution in [1.82, 2.24) is 9.55 Å². The van der Waals surface area contributed by atoms with Gasteiger partial charge in [0.15, 0.2) is 12.3 Å². The minimum Gasteiger partial charge on any atom is -0.468 e. The number of nitrogen functional groups attached to an aromatic ring is 1. The molecule has 0 spiro atoms. The Labute approximate surface area is 95.2 Å². The van der Waals surface area contributed by atoms with Gasteiger partial charge in [0.2, 0.25) is 5.88 Å². The summed E-state index contributed by atoms with van der Waals surface area (Å²) in [6.45, 7) is -0.343. The topological polar surface area (TPSA) is 120 Å². The molecule has 1 saturated heterocycles. The van der Waals surface area contributed by atoms with Gasteiger partial charge in [-0.3, -0.25) is 0 Å². The smallest absolute Gasteiger partial charge is 0.354 e. The van der Waals surface area contributed by atoms with E-state index in [1.54, 1.807) is 0 Å². The minimum absolute atomic E-state index is 0.0504. The SMILES string of the molecule is Nc1cc2n(c(=O)n1)C1OC(CO)C(O)C1O2. The third-order valence-corrected chi connectivity index (χ3v) is 2.94. The van der Waals surface area contributed by atoms with Crippen LogP contribution in [0, 0.1) is 0 Å². The second-order valence-corrected chi connectivity index (χ2v) is 3.99. The molecule has 92 valence electrons. The number of hydrogen-bond acceptors (Lipinski definition) is 7. The summed E-state index contributed by atoms with van der Waals surface area (Å²) in [5, 5.41) is 18.8. The van der Waals surface area contributed by atoms with Gasteiger partial charge >= 0.3 is 5.69 Å². The number of anilines is 1. The average Bonchev–Trinajstić information content (AvgIpc) is 2.75. The van der Waals surface area contributed by atoms with E-state index < -0.39 is 30.2 Å². The molecule has 0 amide bonds. The second kappa shape index (κ2) is 3.42. The molecule has 0 bridgehead atoms. The molecule has 3 heterocycles. The van der Waals surface area contributed by atoms with Gasteiger partial charge in [0.25, 0.3) is 0 Å². The van der Waals surface area contributed by atoms with Crippen molar-refractivity contribution < 1.29 is 19.7 Å². The van der Waals surface area contributed by atoms with E-state index in [2.05, 4.69) is 4.98 Å². The maximum atomic E-state index is 11.6. The van der Waals surface area contributed by atoms with Crippen LogP contribution in [0.1, 0.15) is 6.23 Å². The zero-order chi connectivity index (χ0) is 12.2. The number of nitrogens with two attached hydrogens (primary N) is 1. The molecule has 4 N–H and O–H groups in total. The Bertz CT molecular complexity index is 516. The van der Waals surface area contributed by atoms with E-state index in [1.165, 1.54) is 10.6 Å². The Morgan fingerprint density at radius 1 is 1.59 bits per heavy atom. The first-order valence-electron chi connectivity index (χ1n) is 5.12. The van der Waals surface area contributed by atoms with E-state index in [9.17, 15) is 9.90 Å². The number of aliphatic hydroxyl groups excluding tert-OH is 2. The largest absolute Gasteiger partial charge is 0.468 e. The molecule has 1 aromatic heterocycles. The van der Waals surface area contributed by atoms with E-state index in [4.69, 9.17) is 20.3 Å². The molecular weight excluding hydrogens is 230 g/mol. The number of aromatic nitrogens is 2. The van der Waals surface area contributed by atoms with E-state index in [0.717, 1.165) is 0 Å². The lowest BCUT2D eigenvalue weighted by Crippen LogP contribution is -2.34. The minimum atomic E-state index is -0.995. The van der Waals surface area contributed by atoms with Crippen LogP contribution in [0.4, 0.5) is 5.82 Å². The van der Waals surface area contributed by atoms with Crippen LogP contribution in [0.2, 0.25) is 0 Å². The molecule has 0 aromatic carbocycles. The number of hydrogen-bond donors (Lipinski definition) is 3. The lowest BCUT2D eigenvalue weighted by Gasteiger charge is -2.14. The summed E-state index contributed by atoms with van der Waals surface area (Å²) in [4.78, 5) is 15.2. The van der Waals surface area contributed by atoms with Crippen molar-refractivity contribution in [3.05, 3.63) is 16.6 Å². The highest BCUT2D eigenvalue weighted by Crippen LogP contribution is 2.39. The fourth-order valence-corrected chi connectivity index (χ4v) is 2.16. The van der Waals surface area contributed by atoms with Crippen LogP contribution in [-0.2, 0) is 4.74 Å². The number of aliphatic hydroxyl groups is 2. The number of ether oxygens (including phenoxy) is 2. The van der Waals surface area contributed by atoms with Gasteiger partial charge in [0, 0.05) is 6.07 Å². The molecule has 1 fully saturated rings. The molecule has 4 unspecified atom stereocenters. The molecule has 8 nitrogen and oxygen atoms in total. The monoisotopic (exact) mass is 241 g/mol. The maximum absolute atomic E-state index is 11.6. The fraction of sp³-hybridized carbons (Fsp3) is 0.556. The molecule has 17 heavy (non-hydrogen) atoms. The lowest BCUT2D eigenvalue weighted by atomic mass is 10.1. The van der Waals surface area contributed by atoms with Crippen molar-refractivity contribution in [2.75, 3.05) is 12.3 Å². The maximum Gasteiger partial charge on any atom is 0.354 e. The van der Waals surface area contributed by atoms with E-state index in [1.807, 2.05) is 0 Å². The molecule has 2 aliphatic rings. The van der Waals surface area contributed by atoms with Gasteiger partial charge in [-0.15, -0.1) is 0 Å². The highest BCUT2D eigenvalue weighted by molar-refractivity contribution is 5.34. The van der Waals surface area contributed by atoms with Gasteiger partial charge in [-0.1, -0.05) is 0 Å². The van der Waals surface area contributed by atoms with Crippen molar-refractivity contribution in [3.63, 3.8) is 0 Å². The van der Waals surface area contributed by atoms with Gasteiger partial charge in [-0.05, 0) is 0 Å². The normalized spacial score (nSPS) is 34.2. The quantitative estimate of drug-likeness (QED) is 0.512. The Morgan fingerprint density at radius 2 is 2.35 bits per heavy atom. The predicted molar refractivity (Wildman–Crippen MR) is 54.3 cm³/mol. The molecule has 0 radical (unpaired) electrons. The first-order chi connectivity index (χ1) is 8.11. The molecular formula is C9H11N3O5. The summed E-state index contributed by atoms with van der Waals surface area (Å²) in [5.41, 5.74) is 4.82. The molecule has 0 saturated carbocycles. The first kappa shape index (κ1) is 10.5. The van der Waals surface area contributed by atoms with Crippen LogP contribution >= 0.6 is 0 Å². The molecule has 8 heteroatoms. The summed E-state index contributed by atoms with van der Waals surface area (Å²) in [6.07, 6.45) is -3.24. The van der Waals surface area contributed by atoms with Crippen molar-refractivity contribution in [1.29, 1.82) is 0 Å². The molecule has 4 atom stereocenters. The molecule has 2 aliphatic heterocycles. The summed E-state index contributed by atoms with van der Waals surface area (Å²) in [5.74, 6) is 0.266. The number of fused-ring (bicyclic) bond motifs is 3. The Hall–Kier alpha value is -1.64. The summed E-state index contributed by atoms with van der Waals surface area (Å²) >= 11 is 0. The van der Waals surface area contributed by atoms with Crippen LogP contribution in [0.5, 0.6) is 5.88 Å².